The van der Waals surface area contributed by atoms with E-state index in [0.717, 1.165) is 11.1 Å². The molecule has 16 heteroatoms. The first-order chi connectivity index (χ1) is 21.1. The number of benzene rings is 4. The van der Waals surface area contributed by atoms with Crippen molar-refractivity contribution in [2.45, 2.75) is 9.79 Å². The second-order valence-corrected chi connectivity index (χ2v) is 12.3. The van der Waals surface area contributed by atoms with Crippen molar-refractivity contribution in [3.63, 3.8) is 0 Å². The van der Waals surface area contributed by atoms with Crippen molar-refractivity contribution < 1.29 is 87.9 Å². The Bertz CT molecular complexity index is 2090. The minimum atomic E-state index is -4.72. The second-order valence-electron chi connectivity index (χ2n) is 9.50. The molecule has 0 aliphatic carbocycles. The van der Waals surface area contributed by atoms with Crippen LogP contribution in [-0.2, 0) is 20.2 Å². The van der Waals surface area contributed by atoms with Crippen LogP contribution in [0.5, 0.6) is 0 Å². The van der Waals surface area contributed by atoms with Crippen LogP contribution in [0.3, 0.4) is 0 Å². The van der Waals surface area contributed by atoms with Crippen molar-refractivity contribution in [2.75, 3.05) is 0 Å². The first-order valence-electron chi connectivity index (χ1n) is 12.9. The number of hydrogen-bond donors (Lipinski definition) is 2. The van der Waals surface area contributed by atoms with Gasteiger partial charge in [0.2, 0.25) is 0 Å². The molecule has 2 heterocycles. The summed E-state index contributed by atoms with van der Waals surface area (Å²) in [6.45, 7) is 0. The third-order valence-corrected chi connectivity index (χ3v) is 8.40. The molecule has 2 N–H and O–H groups in total. The van der Waals surface area contributed by atoms with Gasteiger partial charge in [0, 0.05) is 11.1 Å². The van der Waals surface area contributed by atoms with Crippen LogP contribution in [-0.4, -0.2) is 55.9 Å². The van der Waals surface area contributed by atoms with Crippen molar-refractivity contribution >= 4 is 32.4 Å². The smallest absolute Gasteiger partial charge is 1.00 e. The predicted molar refractivity (Wildman–Crippen MR) is 164 cm³/mol. The molecule has 12 nitrogen and oxygen atoms in total. The third-order valence-electron chi connectivity index (χ3n) is 6.58. The number of hydrogen-bond acceptors (Lipinski definition) is 8. The van der Waals surface area contributed by atoms with E-state index in [0.29, 0.717) is 11.4 Å². The molecule has 0 unspecified atom stereocenters. The molecular weight excluding hydrogens is 650 g/mol. The van der Waals surface area contributed by atoms with E-state index >= 15 is 0 Å². The molecule has 0 saturated heterocycles. The maximum absolute atomic E-state index is 12.3. The van der Waals surface area contributed by atoms with Crippen LogP contribution >= 0.6 is 0 Å². The minimum absolute atomic E-state index is 0. The molecule has 0 atom stereocenters. The Balaban J connectivity index is 0.00000200. The van der Waals surface area contributed by atoms with Gasteiger partial charge in [-0.3, -0.25) is 9.11 Å². The van der Waals surface area contributed by atoms with Crippen molar-refractivity contribution in [1.29, 1.82) is 0 Å². The fraction of sp³-hybridized carbons (Fsp3) is 0. The largest absolute Gasteiger partial charge is 1.00 e. The van der Waals surface area contributed by atoms with Crippen LogP contribution in [0.2, 0.25) is 0 Å². The molecule has 46 heavy (non-hydrogen) atoms. The minimum Gasteiger partial charge on any atom is -1.00 e. The Morgan fingerprint density at radius 1 is 0.565 bits per heavy atom. The Morgan fingerprint density at radius 2 is 0.935 bits per heavy atom. The van der Waals surface area contributed by atoms with E-state index in [1.165, 1.54) is 58.4 Å². The predicted octanol–water partition coefficient (Wildman–Crippen LogP) is -0.921. The molecule has 4 aromatic carbocycles. The Kier molecular flexibility index (Phi) is 11.3. The van der Waals surface area contributed by atoms with E-state index in [9.17, 15) is 25.9 Å². The molecule has 0 saturated carbocycles. The van der Waals surface area contributed by atoms with Gasteiger partial charge in [0.1, 0.15) is 21.2 Å². The molecular formula is C30H24N6Na2O6S2. The molecule has 0 spiro atoms. The molecule has 0 aliphatic rings. The van der Waals surface area contributed by atoms with Gasteiger partial charge in [-0.2, -0.15) is 36.6 Å². The van der Waals surface area contributed by atoms with Crippen LogP contribution in [0.25, 0.3) is 46.0 Å². The normalized spacial score (nSPS) is 11.6. The second kappa shape index (κ2) is 14.6. The van der Waals surface area contributed by atoms with E-state index < -0.39 is 30.0 Å². The molecule has 6 rings (SSSR count). The summed E-state index contributed by atoms with van der Waals surface area (Å²) in [5.74, 6) is 0. The average molecular weight is 675 g/mol. The van der Waals surface area contributed by atoms with Gasteiger partial charge in [0.25, 0.3) is 20.2 Å². The summed E-state index contributed by atoms with van der Waals surface area (Å²) in [6.07, 6.45) is 5.67. The Hall–Kier alpha value is -3.28. The third kappa shape index (κ3) is 7.98. The number of rotatable bonds is 8. The summed E-state index contributed by atoms with van der Waals surface area (Å²) in [5, 5.41) is 17.2. The molecule has 0 fully saturated rings. The first kappa shape index (κ1) is 35.6. The topological polar surface area (TPSA) is 170 Å². The van der Waals surface area contributed by atoms with Crippen LogP contribution in [0.4, 0.5) is 0 Å². The van der Waals surface area contributed by atoms with Crippen molar-refractivity contribution in [3.05, 3.63) is 121 Å². The first-order valence-corrected chi connectivity index (χ1v) is 15.8. The van der Waals surface area contributed by atoms with Gasteiger partial charge in [-0.15, -0.1) is 10.2 Å². The number of aromatic nitrogens is 6. The maximum atomic E-state index is 12.3. The zero-order valence-electron chi connectivity index (χ0n) is 26.6. The molecule has 0 aliphatic heterocycles. The van der Waals surface area contributed by atoms with Gasteiger partial charge in [0.15, 0.2) is 0 Å². The van der Waals surface area contributed by atoms with Gasteiger partial charge in [-0.1, -0.05) is 84.9 Å². The molecule has 2 aromatic heterocycles. The van der Waals surface area contributed by atoms with Crippen molar-refractivity contribution in [3.8, 4) is 33.9 Å². The molecule has 0 amide bonds. The fourth-order valence-electron chi connectivity index (χ4n) is 4.45. The van der Waals surface area contributed by atoms with E-state index in [1.54, 1.807) is 12.1 Å². The summed E-state index contributed by atoms with van der Waals surface area (Å²) in [4.78, 5) is 1.55. The van der Waals surface area contributed by atoms with Gasteiger partial charge in [-0.25, -0.2) is 0 Å². The van der Waals surface area contributed by atoms with Crippen LogP contribution in [0.1, 0.15) is 14.0 Å². The number of nitrogens with zero attached hydrogens (tertiary/aromatic N) is 6. The van der Waals surface area contributed by atoms with Crippen LogP contribution in [0, 0.1) is 0 Å². The van der Waals surface area contributed by atoms with E-state index in [2.05, 4.69) is 20.4 Å². The zero-order chi connectivity index (χ0) is 30.9. The summed E-state index contributed by atoms with van der Waals surface area (Å²) in [7, 11) is -9.45. The van der Waals surface area contributed by atoms with E-state index in [-0.39, 0.29) is 84.5 Å². The van der Waals surface area contributed by atoms with E-state index in [1.807, 2.05) is 60.7 Å². The molecule has 6 aromatic rings. The molecule has 0 bridgehead atoms. The SMILES string of the molecule is O=S(=O)(O)c1cc(-n2ncc(-c3ccccc3)n2)ccc1C=Cc1ccc(-n2ncc(-c3ccccc3)n2)cc1S(=O)(=O)O.[H-].[H-].[Na+].[Na+]. The summed E-state index contributed by atoms with van der Waals surface area (Å²) >= 11 is 0. The average Bonchev–Trinajstić information content (AvgIpc) is 3.71. The van der Waals surface area contributed by atoms with Crippen LogP contribution in [0.15, 0.2) is 119 Å². The molecule has 224 valence electrons. The fourth-order valence-corrected chi connectivity index (χ4v) is 5.86. The molecule has 0 radical (unpaired) electrons. The standard InChI is InChI=1S/C30H22N6O6S2.2Na.2H/c37-43(38,39)29-17-25(35-31-19-27(33-35)21-7-3-1-4-8-21)15-13-23(29)11-12-24-14-16-26(18-30(24)44(40,41)42)36-32-20-28(34-36)22-9-5-2-6-10-22;;;;/h1-20H,(H,37,38,39)(H,40,41,42);;;;/q;2*+1;2*-1. The van der Waals surface area contributed by atoms with Crippen molar-refractivity contribution in [2.24, 2.45) is 0 Å². The Labute approximate surface area is 311 Å². The van der Waals surface area contributed by atoms with Crippen LogP contribution < -0.4 is 59.1 Å². The van der Waals surface area contributed by atoms with E-state index in [4.69, 9.17) is 0 Å². The van der Waals surface area contributed by atoms with Gasteiger partial charge in [0.05, 0.1) is 23.8 Å². The van der Waals surface area contributed by atoms with Gasteiger partial charge >= 0.3 is 59.1 Å². The maximum Gasteiger partial charge on any atom is 1.00 e. The van der Waals surface area contributed by atoms with Gasteiger partial charge < -0.3 is 2.85 Å². The summed E-state index contributed by atoms with van der Waals surface area (Å²) in [5.41, 5.74) is 3.39. The van der Waals surface area contributed by atoms with Gasteiger partial charge in [-0.05, 0) is 35.4 Å². The summed E-state index contributed by atoms with van der Waals surface area (Å²) in [6, 6.07) is 26.9. The Morgan fingerprint density at radius 3 is 1.28 bits per heavy atom. The zero-order valence-corrected chi connectivity index (χ0v) is 30.2. The quantitative estimate of drug-likeness (QED) is 0.117. The summed E-state index contributed by atoms with van der Waals surface area (Å²) < 4.78 is 69.3. The monoisotopic (exact) mass is 674 g/mol. The van der Waals surface area contributed by atoms with Crippen molar-refractivity contribution in [1.82, 2.24) is 30.0 Å².